The zero-order valence-electron chi connectivity index (χ0n) is 11.7. The van der Waals surface area contributed by atoms with E-state index in [0.29, 0.717) is 21.1 Å². The Balaban J connectivity index is 2.22. The molecular weight excluding hydrogens is 361 g/mol. The van der Waals surface area contributed by atoms with E-state index in [1.165, 1.54) is 0 Å². The fraction of sp³-hybridized carbons (Fsp3) is 0.133. The molecule has 3 nitrogen and oxygen atoms in total. The van der Waals surface area contributed by atoms with Crippen LogP contribution in [0.5, 0.6) is 0 Å². The van der Waals surface area contributed by atoms with Crippen LogP contribution in [-0.2, 0) is 9.84 Å². The molecule has 0 saturated carbocycles. The first-order valence-electron chi connectivity index (χ1n) is 6.37. The van der Waals surface area contributed by atoms with Gasteiger partial charge in [-0.3, -0.25) is 0 Å². The van der Waals surface area contributed by atoms with Crippen molar-refractivity contribution in [2.24, 2.45) is 0 Å². The molecule has 0 radical (unpaired) electrons. The van der Waals surface area contributed by atoms with Crippen LogP contribution in [0, 0.1) is 13.8 Å². The van der Waals surface area contributed by atoms with Crippen molar-refractivity contribution in [3.05, 3.63) is 51.5 Å². The topological polar surface area (TPSA) is 47.0 Å². The quantitative estimate of drug-likeness (QED) is 0.632. The predicted octanol–water partition coefficient (Wildman–Crippen LogP) is 5.05. The van der Waals surface area contributed by atoms with Gasteiger partial charge >= 0.3 is 0 Å². The first-order chi connectivity index (χ1) is 10.3. The average molecular weight is 372 g/mol. The summed E-state index contributed by atoms with van der Waals surface area (Å²) in [4.78, 5) is 4.47. The summed E-state index contributed by atoms with van der Waals surface area (Å²) in [6.07, 6.45) is 0. The molecule has 0 unspecified atom stereocenters. The second-order valence-corrected chi connectivity index (χ2v) is 8.93. The van der Waals surface area contributed by atoms with Crippen LogP contribution < -0.4 is 0 Å². The van der Waals surface area contributed by atoms with Gasteiger partial charge in [-0.2, -0.15) is 0 Å². The van der Waals surface area contributed by atoms with E-state index in [-0.39, 0.29) is 9.24 Å². The Morgan fingerprint density at radius 1 is 1.05 bits per heavy atom. The van der Waals surface area contributed by atoms with E-state index >= 15 is 0 Å². The van der Waals surface area contributed by atoms with Crippen LogP contribution in [-0.4, -0.2) is 13.4 Å². The third-order valence-corrected chi connectivity index (χ3v) is 7.24. The number of thiazole rings is 1. The van der Waals surface area contributed by atoms with Gasteiger partial charge in [-0.05, 0) is 55.3 Å². The van der Waals surface area contributed by atoms with Gasteiger partial charge < -0.3 is 0 Å². The molecule has 0 fully saturated rings. The molecule has 7 heteroatoms. The average Bonchev–Trinajstić information content (AvgIpc) is 2.86. The third-order valence-electron chi connectivity index (χ3n) is 3.31. The lowest BCUT2D eigenvalue weighted by Crippen LogP contribution is -2.04. The molecule has 0 amide bonds. The number of rotatable bonds is 2. The SMILES string of the molecule is Cc1cc(S(=O)(=O)c2nc3ccc(Cl)cc3s2)c(C)cc1Cl. The number of fused-ring (bicyclic) bond motifs is 1. The summed E-state index contributed by atoms with van der Waals surface area (Å²) in [6, 6.07) is 8.37. The smallest absolute Gasteiger partial charge is 0.225 e. The van der Waals surface area contributed by atoms with E-state index < -0.39 is 9.84 Å². The van der Waals surface area contributed by atoms with E-state index in [2.05, 4.69) is 4.98 Å². The second kappa shape index (κ2) is 5.49. The maximum absolute atomic E-state index is 12.8. The molecular formula is C15H11Cl2NO2S2. The number of hydrogen-bond donors (Lipinski definition) is 0. The van der Waals surface area contributed by atoms with Crippen LogP contribution in [0.15, 0.2) is 39.6 Å². The van der Waals surface area contributed by atoms with Crippen molar-refractivity contribution in [1.29, 1.82) is 0 Å². The zero-order chi connectivity index (χ0) is 16.1. The summed E-state index contributed by atoms with van der Waals surface area (Å²) in [7, 11) is -3.68. The summed E-state index contributed by atoms with van der Waals surface area (Å²) in [5.74, 6) is 0. The molecule has 0 aliphatic heterocycles. The Morgan fingerprint density at radius 2 is 1.77 bits per heavy atom. The Labute approximate surface area is 142 Å². The van der Waals surface area contributed by atoms with Crippen molar-refractivity contribution in [2.45, 2.75) is 23.1 Å². The minimum absolute atomic E-state index is 0.0644. The number of benzene rings is 2. The Morgan fingerprint density at radius 3 is 2.50 bits per heavy atom. The van der Waals surface area contributed by atoms with Gasteiger partial charge in [0.05, 0.1) is 15.1 Å². The molecule has 0 N–H and O–H groups in total. The molecule has 2 aromatic carbocycles. The van der Waals surface area contributed by atoms with Crippen LogP contribution >= 0.6 is 34.5 Å². The van der Waals surface area contributed by atoms with Crippen molar-refractivity contribution in [1.82, 2.24) is 4.98 Å². The molecule has 0 saturated heterocycles. The number of sulfone groups is 1. The monoisotopic (exact) mass is 371 g/mol. The number of hydrogen-bond acceptors (Lipinski definition) is 4. The minimum atomic E-state index is -3.68. The summed E-state index contributed by atoms with van der Waals surface area (Å²) in [6.45, 7) is 3.50. The Kier molecular flexibility index (Phi) is 3.93. The lowest BCUT2D eigenvalue weighted by molar-refractivity contribution is 0.595. The van der Waals surface area contributed by atoms with Gasteiger partial charge in [0.2, 0.25) is 14.2 Å². The maximum Gasteiger partial charge on any atom is 0.233 e. The highest BCUT2D eigenvalue weighted by molar-refractivity contribution is 7.93. The first kappa shape index (κ1) is 15.7. The lowest BCUT2D eigenvalue weighted by atomic mass is 10.2. The molecule has 22 heavy (non-hydrogen) atoms. The van der Waals surface area contributed by atoms with Gasteiger partial charge in [0.15, 0.2) is 0 Å². The number of aryl methyl sites for hydroxylation is 2. The van der Waals surface area contributed by atoms with Crippen LogP contribution in [0.4, 0.5) is 0 Å². The second-order valence-electron chi connectivity index (χ2n) is 4.96. The van der Waals surface area contributed by atoms with Gasteiger partial charge in [-0.25, -0.2) is 13.4 Å². The maximum atomic E-state index is 12.8. The van der Waals surface area contributed by atoms with Gasteiger partial charge in [-0.15, -0.1) is 11.3 Å². The fourth-order valence-corrected chi connectivity index (χ4v) is 5.52. The van der Waals surface area contributed by atoms with Crippen LogP contribution in [0.25, 0.3) is 10.2 Å². The fourth-order valence-electron chi connectivity index (χ4n) is 2.13. The summed E-state index contributed by atoms with van der Waals surface area (Å²) >= 11 is 13.1. The highest BCUT2D eigenvalue weighted by atomic mass is 35.5. The van der Waals surface area contributed by atoms with Crippen molar-refractivity contribution >= 4 is 54.6 Å². The molecule has 114 valence electrons. The van der Waals surface area contributed by atoms with E-state index in [0.717, 1.165) is 21.6 Å². The number of nitrogens with zero attached hydrogens (tertiary/aromatic N) is 1. The lowest BCUT2D eigenvalue weighted by Gasteiger charge is -2.07. The largest absolute Gasteiger partial charge is 0.233 e. The number of aromatic nitrogens is 1. The third kappa shape index (κ3) is 2.63. The predicted molar refractivity (Wildman–Crippen MR) is 91.0 cm³/mol. The van der Waals surface area contributed by atoms with E-state index in [4.69, 9.17) is 23.2 Å². The molecule has 3 rings (SSSR count). The Bertz CT molecular complexity index is 994. The summed E-state index contributed by atoms with van der Waals surface area (Å²) in [5, 5.41) is 1.10. The van der Waals surface area contributed by atoms with Gasteiger partial charge in [0, 0.05) is 10.0 Å². The molecule has 0 atom stereocenters. The van der Waals surface area contributed by atoms with Crippen molar-refractivity contribution in [3.8, 4) is 0 Å². The minimum Gasteiger partial charge on any atom is -0.225 e. The van der Waals surface area contributed by atoms with Gasteiger partial charge in [-0.1, -0.05) is 23.2 Å². The normalized spacial score (nSPS) is 12.0. The molecule has 0 aliphatic carbocycles. The number of halogens is 2. The Hall–Kier alpha value is -1.14. The molecule has 3 aromatic rings. The van der Waals surface area contributed by atoms with Crippen LogP contribution in [0.3, 0.4) is 0 Å². The van der Waals surface area contributed by atoms with Crippen LogP contribution in [0.1, 0.15) is 11.1 Å². The molecule has 1 aromatic heterocycles. The molecule has 0 aliphatic rings. The summed E-state index contributed by atoms with van der Waals surface area (Å²) < 4.78 is 26.5. The van der Waals surface area contributed by atoms with Crippen LogP contribution in [0.2, 0.25) is 10.0 Å². The molecule has 0 spiro atoms. The summed E-state index contributed by atoms with van der Waals surface area (Å²) in [5.41, 5.74) is 1.94. The molecule has 1 heterocycles. The van der Waals surface area contributed by atoms with Gasteiger partial charge in [0.1, 0.15) is 0 Å². The van der Waals surface area contributed by atoms with E-state index in [1.807, 2.05) is 0 Å². The molecule has 0 bridgehead atoms. The highest BCUT2D eigenvalue weighted by Crippen LogP contribution is 2.33. The van der Waals surface area contributed by atoms with E-state index in [9.17, 15) is 8.42 Å². The van der Waals surface area contributed by atoms with Crippen molar-refractivity contribution in [2.75, 3.05) is 0 Å². The van der Waals surface area contributed by atoms with E-state index in [1.54, 1.807) is 44.2 Å². The highest BCUT2D eigenvalue weighted by Gasteiger charge is 2.25. The van der Waals surface area contributed by atoms with Crippen molar-refractivity contribution < 1.29 is 8.42 Å². The zero-order valence-corrected chi connectivity index (χ0v) is 14.9. The van der Waals surface area contributed by atoms with Crippen molar-refractivity contribution in [3.63, 3.8) is 0 Å². The standard InChI is InChI=1S/C15H11Cl2NO2S2/c1-8-6-14(9(2)5-11(8)17)22(19,20)15-18-12-4-3-10(16)7-13(12)21-15/h3-7H,1-2H3. The van der Waals surface area contributed by atoms with Gasteiger partial charge in [0.25, 0.3) is 0 Å². The first-order valence-corrected chi connectivity index (χ1v) is 9.42.